The molecule has 168 valence electrons. The van der Waals surface area contributed by atoms with Gasteiger partial charge in [-0.05, 0) is 12.1 Å². The Bertz CT molecular complexity index is 1060. The Labute approximate surface area is 175 Å². The van der Waals surface area contributed by atoms with Gasteiger partial charge in [-0.1, -0.05) is 0 Å². The molecule has 0 aliphatic heterocycles. The van der Waals surface area contributed by atoms with Gasteiger partial charge in [0.15, 0.2) is 0 Å². The first-order valence-corrected chi connectivity index (χ1v) is 8.53. The second-order valence-electron chi connectivity index (χ2n) is 5.65. The van der Waals surface area contributed by atoms with E-state index in [1.165, 1.54) is 30.6 Å². The van der Waals surface area contributed by atoms with Crippen LogP contribution in [0.15, 0.2) is 43.1 Å². The van der Waals surface area contributed by atoms with Gasteiger partial charge in [-0.2, -0.15) is 18.2 Å². The van der Waals surface area contributed by atoms with Crippen LogP contribution in [0, 0.1) is 0 Å². The van der Waals surface area contributed by atoms with Crippen molar-refractivity contribution in [3.05, 3.63) is 48.8 Å². The molecule has 0 saturated carbocycles. The van der Waals surface area contributed by atoms with E-state index >= 15 is 0 Å². The molecule has 1 atom stereocenters. The van der Waals surface area contributed by atoms with Gasteiger partial charge in [-0.3, -0.25) is 4.79 Å². The number of pyridine rings is 1. The molecule has 3 rings (SSSR count). The maximum Gasteiger partial charge on any atom is 0.388 e. The highest BCUT2D eigenvalue weighted by atomic mass is 19.3. The summed E-state index contributed by atoms with van der Waals surface area (Å²) in [6.45, 7) is -3.02. The number of hydrogen-bond donors (Lipinski definition) is 2. The van der Waals surface area contributed by atoms with Crippen LogP contribution in [-0.2, 0) is 0 Å². The van der Waals surface area contributed by atoms with Gasteiger partial charge in [0.1, 0.15) is 17.7 Å². The van der Waals surface area contributed by atoms with E-state index in [1.54, 1.807) is 0 Å². The SMILES string of the molecule is O=C(Nc1cncnc1OC(F)C(F)F)c1ccnc(Nc2ccc(OC(F)F)nc2)n1. The summed E-state index contributed by atoms with van der Waals surface area (Å²) in [5, 5.41) is 4.97. The zero-order chi connectivity index (χ0) is 23.1. The predicted octanol–water partition coefficient (Wildman–Crippen LogP) is 3.20. The number of alkyl halides is 5. The Kier molecular flexibility index (Phi) is 7.20. The number of rotatable bonds is 9. The number of carbonyl (C=O) groups is 1. The van der Waals surface area contributed by atoms with Gasteiger partial charge < -0.3 is 20.1 Å². The summed E-state index contributed by atoms with van der Waals surface area (Å²) in [5.74, 6) is -1.79. The van der Waals surface area contributed by atoms with Gasteiger partial charge in [0.25, 0.3) is 12.3 Å². The van der Waals surface area contributed by atoms with Crippen LogP contribution in [0.1, 0.15) is 10.5 Å². The molecule has 1 amide bonds. The highest BCUT2D eigenvalue weighted by Crippen LogP contribution is 2.23. The van der Waals surface area contributed by atoms with Crippen LogP contribution in [0.4, 0.5) is 39.3 Å². The molecule has 10 nitrogen and oxygen atoms in total. The van der Waals surface area contributed by atoms with Gasteiger partial charge >= 0.3 is 13.0 Å². The summed E-state index contributed by atoms with van der Waals surface area (Å²) < 4.78 is 70.8. The van der Waals surface area contributed by atoms with Crippen molar-refractivity contribution >= 4 is 23.2 Å². The Morgan fingerprint density at radius 1 is 0.969 bits per heavy atom. The fourth-order valence-corrected chi connectivity index (χ4v) is 2.13. The lowest BCUT2D eigenvalue weighted by Crippen LogP contribution is -2.22. The summed E-state index contributed by atoms with van der Waals surface area (Å²) >= 11 is 0. The van der Waals surface area contributed by atoms with E-state index in [9.17, 15) is 26.7 Å². The molecule has 3 aromatic heterocycles. The predicted molar refractivity (Wildman–Crippen MR) is 97.7 cm³/mol. The number of ether oxygens (including phenoxy) is 2. The molecule has 0 spiro atoms. The minimum atomic E-state index is -3.42. The standard InChI is InChI=1S/C17H12F5N7O3/c18-12(19)13(20)32-15-10(6-23-7-26-15)28-14(30)9-3-4-24-17(29-9)27-8-1-2-11(25-5-8)31-16(21)22/h1-7,12-13,16H,(H,28,30)(H,24,27,29). The summed E-state index contributed by atoms with van der Waals surface area (Å²) in [7, 11) is 0. The number of hydrogen-bond acceptors (Lipinski definition) is 9. The van der Waals surface area contributed by atoms with Crippen molar-refractivity contribution < 1.29 is 36.2 Å². The first-order chi connectivity index (χ1) is 15.3. The third-order valence-corrected chi connectivity index (χ3v) is 3.44. The van der Waals surface area contributed by atoms with E-state index in [4.69, 9.17) is 0 Å². The molecule has 0 fully saturated rings. The van der Waals surface area contributed by atoms with Crippen LogP contribution in [0.25, 0.3) is 0 Å². The Hall–Kier alpha value is -4.17. The normalized spacial score (nSPS) is 11.8. The lowest BCUT2D eigenvalue weighted by Gasteiger charge is -2.13. The number of halogens is 5. The fourth-order valence-electron chi connectivity index (χ4n) is 2.13. The summed E-state index contributed by atoms with van der Waals surface area (Å²) in [5.41, 5.74) is -0.140. The zero-order valence-corrected chi connectivity index (χ0v) is 15.6. The topological polar surface area (TPSA) is 124 Å². The lowest BCUT2D eigenvalue weighted by atomic mass is 10.3. The monoisotopic (exact) mass is 457 g/mol. The Morgan fingerprint density at radius 2 is 1.78 bits per heavy atom. The first kappa shape index (κ1) is 22.5. The largest absolute Gasteiger partial charge is 0.435 e. The molecule has 0 aliphatic carbocycles. The van der Waals surface area contributed by atoms with Crippen LogP contribution in [-0.4, -0.2) is 50.2 Å². The van der Waals surface area contributed by atoms with E-state index in [0.29, 0.717) is 5.69 Å². The van der Waals surface area contributed by atoms with Gasteiger partial charge in [0.05, 0.1) is 18.1 Å². The van der Waals surface area contributed by atoms with Gasteiger partial charge in [0, 0.05) is 12.3 Å². The van der Waals surface area contributed by atoms with Crippen molar-refractivity contribution in [1.82, 2.24) is 24.9 Å². The molecule has 1 unspecified atom stereocenters. The molecule has 0 radical (unpaired) electrons. The highest BCUT2D eigenvalue weighted by molar-refractivity contribution is 6.03. The molecule has 0 aliphatic rings. The summed E-state index contributed by atoms with van der Waals surface area (Å²) in [6.07, 6.45) is -2.03. The maximum absolute atomic E-state index is 13.2. The quantitative estimate of drug-likeness (QED) is 0.466. The van der Waals surface area contributed by atoms with Crippen LogP contribution in [0.2, 0.25) is 0 Å². The van der Waals surface area contributed by atoms with E-state index in [0.717, 1.165) is 12.5 Å². The van der Waals surface area contributed by atoms with Crippen LogP contribution in [0.5, 0.6) is 11.8 Å². The number of anilines is 3. The van der Waals surface area contributed by atoms with Gasteiger partial charge in [-0.25, -0.2) is 28.7 Å². The molecule has 0 saturated heterocycles. The maximum atomic E-state index is 13.2. The van der Waals surface area contributed by atoms with E-state index in [1.807, 2.05) is 0 Å². The van der Waals surface area contributed by atoms with Crippen molar-refractivity contribution in [3.8, 4) is 11.8 Å². The van der Waals surface area contributed by atoms with E-state index < -0.39 is 31.2 Å². The molecule has 3 aromatic rings. The zero-order valence-electron chi connectivity index (χ0n) is 15.6. The Morgan fingerprint density at radius 3 is 2.47 bits per heavy atom. The van der Waals surface area contributed by atoms with Crippen molar-refractivity contribution in [3.63, 3.8) is 0 Å². The average Bonchev–Trinajstić information content (AvgIpc) is 2.76. The van der Waals surface area contributed by atoms with Gasteiger partial charge in [-0.15, -0.1) is 0 Å². The molecule has 3 heterocycles. The van der Waals surface area contributed by atoms with Crippen molar-refractivity contribution in [1.29, 1.82) is 0 Å². The summed E-state index contributed by atoms with van der Waals surface area (Å²) in [6, 6.07) is 3.78. The summed E-state index contributed by atoms with van der Waals surface area (Å²) in [4.78, 5) is 31.1. The van der Waals surface area contributed by atoms with Crippen molar-refractivity contribution in [2.45, 2.75) is 19.4 Å². The Balaban J connectivity index is 1.70. The van der Waals surface area contributed by atoms with Crippen LogP contribution in [0.3, 0.4) is 0 Å². The number of nitrogens with one attached hydrogen (secondary N) is 2. The molecular weight excluding hydrogens is 445 g/mol. The second-order valence-corrected chi connectivity index (χ2v) is 5.65. The molecule has 32 heavy (non-hydrogen) atoms. The first-order valence-electron chi connectivity index (χ1n) is 8.53. The third-order valence-electron chi connectivity index (χ3n) is 3.44. The number of nitrogens with zero attached hydrogens (tertiary/aromatic N) is 5. The van der Waals surface area contributed by atoms with Crippen LogP contribution < -0.4 is 20.1 Å². The number of amides is 1. The average molecular weight is 457 g/mol. The lowest BCUT2D eigenvalue weighted by molar-refractivity contribution is -0.0687. The smallest absolute Gasteiger partial charge is 0.388 e. The number of aromatic nitrogens is 5. The minimum absolute atomic E-state index is 0.0516. The molecule has 15 heteroatoms. The number of carbonyl (C=O) groups excluding carboxylic acids is 1. The van der Waals surface area contributed by atoms with Crippen LogP contribution >= 0.6 is 0 Å². The second kappa shape index (κ2) is 10.2. The van der Waals surface area contributed by atoms with E-state index in [-0.39, 0.29) is 23.2 Å². The highest BCUT2D eigenvalue weighted by Gasteiger charge is 2.23. The molecule has 0 aromatic carbocycles. The van der Waals surface area contributed by atoms with E-state index in [2.05, 4.69) is 45.0 Å². The van der Waals surface area contributed by atoms with Crippen molar-refractivity contribution in [2.24, 2.45) is 0 Å². The minimum Gasteiger partial charge on any atom is -0.435 e. The molecule has 2 N–H and O–H groups in total. The van der Waals surface area contributed by atoms with Gasteiger partial charge in [0.2, 0.25) is 17.7 Å². The fraction of sp³-hybridized carbons (Fsp3) is 0.176. The molecular formula is C17H12F5N7O3. The molecule has 0 bridgehead atoms. The third kappa shape index (κ3) is 6.16. The van der Waals surface area contributed by atoms with Crippen molar-refractivity contribution in [2.75, 3.05) is 10.6 Å².